The van der Waals surface area contributed by atoms with Gasteiger partial charge in [0.25, 0.3) is 10.0 Å². The van der Waals surface area contributed by atoms with E-state index in [0.717, 1.165) is 5.56 Å². The Morgan fingerprint density at radius 1 is 1.15 bits per heavy atom. The van der Waals surface area contributed by atoms with Crippen molar-refractivity contribution in [1.82, 2.24) is 5.16 Å². The van der Waals surface area contributed by atoms with Crippen molar-refractivity contribution in [2.24, 2.45) is 0 Å². The van der Waals surface area contributed by atoms with E-state index in [0.29, 0.717) is 22.6 Å². The number of hydrogen-bond acceptors (Lipinski definition) is 5. The minimum Gasteiger partial charge on any atom is -0.398 e. The highest BCUT2D eigenvalue weighted by atomic mass is 32.2. The molecule has 7 heteroatoms. The van der Waals surface area contributed by atoms with Gasteiger partial charge in [-0.25, -0.2) is 8.42 Å². The molecule has 0 atom stereocenters. The molecule has 0 spiro atoms. The van der Waals surface area contributed by atoms with E-state index in [1.54, 1.807) is 26.8 Å². The molecular weight excluding hydrogens is 278 g/mol. The van der Waals surface area contributed by atoms with Crippen LogP contribution in [0.1, 0.15) is 22.5 Å². The van der Waals surface area contributed by atoms with Gasteiger partial charge in [-0.2, -0.15) is 0 Å². The summed E-state index contributed by atoms with van der Waals surface area (Å²) in [7, 11) is -3.76. The van der Waals surface area contributed by atoms with Gasteiger partial charge in [-0.1, -0.05) is 5.16 Å². The van der Waals surface area contributed by atoms with Crippen molar-refractivity contribution in [3.8, 4) is 0 Å². The van der Waals surface area contributed by atoms with Crippen LogP contribution in [-0.4, -0.2) is 13.6 Å². The van der Waals surface area contributed by atoms with Crippen LogP contribution < -0.4 is 10.5 Å². The number of nitrogens with one attached hydrogen (secondary N) is 1. The van der Waals surface area contributed by atoms with Crippen molar-refractivity contribution in [2.45, 2.75) is 32.6 Å². The average Bonchev–Trinajstić information content (AvgIpc) is 2.71. The van der Waals surface area contributed by atoms with E-state index in [9.17, 15) is 8.42 Å². The minimum absolute atomic E-state index is 0.154. The van der Waals surface area contributed by atoms with Crippen LogP contribution >= 0.6 is 0 Å². The number of nitrogens with zero attached hydrogens (tertiary/aromatic N) is 1. The molecule has 20 heavy (non-hydrogen) atoms. The number of aryl methyl sites for hydroxylation is 2. The number of aromatic nitrogens is 1. The molecule has 0 fully saturated rings. The molecule has 2 rings (SSSR count). The molecule has 0 aliphatic heterocycles. The molecule has 2 aromatic rings. The van der Waals surface area contributed by atoms with Gasteiger partial charge in [0.15, 0.2) is 5.82 Å². The van der Waals surface area contributed by atoms with Gasteiger partial charge in [0.05, 0.1) is 4.90 Å². The smallest absolute Gasteiger partial charge is 0.263 e. The van der Waals surface area contributed by atoms with Crippen LogP contribution in [0.25, 0.3) is 0 Å². The monoisotopic (exact) mass is 295 g/mol. The third-order valence-electron chi connectivity index (χ3n) is 3.21. The fourth-order valence-electron chi connectivity index (χ4n) is 2.05. The van der Waals surface area contributed by atoms with Gasteiger partial charge in [-0.05, 0) is 50.5 Å². The van der Waals surface area contributed by atoms with Gasteiger partial charge in [0, 0.05) is 11.8 Å². The second-order valence-corrected chi connectivity index (χ2v) is 6.41. The van der Waals surface area contributed by atoms with Crippen LogP contribution in [0.5, 0.6) is 0 Å². The summed E-state index contributed by atoms with van der Waals surface area (Å²) < 4.78 is 32.3. The second-order valence-electron chi connectivity index (χ2n) is 4.79. The highest BCUT2D eigenvalue weighted by Gasteiger charge is 2.23. The molecule has 0 saturated carbocycles. The third-order valence-corrected chi connectivity index (χ3v) is 4.84. The number of benzene rings is 1. The predicted molar refractivity (Wildman–Crippen MR) is 77.1 cm³/mol. The lowest BCUT2D eigenvalue weighted by molar-refractivity contribution is 0.400. The van der Waals surface area contributed by atoms with E-state index in [2.05, 4.69) is 9.88 Å². The second kappa shape index (κ2) is 4.82. The van der Waals surface area contributed by atoms with E-state index < -0.39 is 10.0 Å². The van der Waals surface area contributed by atoms with Crippen molar-refractivity contribution in [3.63, 3.8) is 0 Å². The van der Waals surface area contributed by atoms with Crippen molar-refractivity contribution < 1.29 is 12.9 Å². The fourth-order valence-corrected chi connectivity index (χ4v) is 3.61. The molecule has 0 saturated heterocycles. The van der Waals surface area contributed by atoms with Gasteiger partial charge in [-0.15, -0.1) is 0 Å². The molecule has 1 aromatic heterocycles. The van der Waals surface area contributed by atoms with Gasteiger partial charge in [0.2, 0.25) is 0 Å². The van der Waals surface area contributed by atoms with Crippen molar-refractivity contribution >= 4 is 21.5 Å². The maximum absolute atomic E-state index is 12.5. The Kier molecular flexibility index (Phi) is 3.47. The third kappa shape index (κ3) is 2.49. The molecule has 1 aromatic carbocycles. The van der Waals surface area contributed by atoms with Crippen molar-refractivity contribution in [2.75, 3.05) is 10.5 Å². The van der Waals surface area contributed by atoms with E-state index in [4.69, 9.17) is 10.3 Å². The largest absolute Gasteiger partial charge is 0.398 e. The van der Waals surface area contributed by atoms with E-state index in [1.807, 2.05) is 6.92 Å². The molecule has 0 aliphatic carbocycles. The average molecular weight is 295 g/mol. The number of nitrogen functional groups attached to an aromatic ring is 1. The minimum atomic E-state index is -3.76. The summed E-state index contributed by atoms with van der Waals surface area (Å²) in [5.41, 5.74) is 8.33. The highest BCUT2D eigenvalue weighted by molar-refractivity contribution is 7.92. The van der Waals surface area contributed by atoms with Gasteiger partial charge >= 0.3 is 0 Å². The Bertz CT molecular complexity index is 737. The molecule has 6 nitrogen and oxygen atoms in total. The van der Waals surface area contributed by atoms with Crippen LogP contribution in [-0.2, 0) is 10.0 Å². The van der Waals surface area contributed by atoms with E-state index in [-0.39, 0.29) is 10.7 Å². The first-order chi connectivity index (χ1) is 9.22. The molecule has 0 unspecified atom stereocenters. The van der Waals surface area contributed by atoms with Crippen LogP contribution in [0, 0.1) is 27.7 Å². The first-order valence-electron chi connectivity index (χ1n) is 6.05. The van der Waals surface area contributed by atoms with E-state index >= 15 is 0 Å². The Balaban J connectivity index is 2.55. The number of hydrogen-bond donors (Lipinski definition) is 2. The lowest BCUT2D eigenvalue weighted by Gasteiger charge is -2.15. The summed E-state index contributed by atoms with van der Waals surface area (Å²) in [5, 5.41) is 3.63. The molecule has 108 valence electrons. The summed E-state index contributed by atoms with van der Waals surface area (Å²) in [4.78, 5) is 0.190. The van der Waals surface area contributed by atoms with Crippen LogP contribution in [0.15, 0.2) is 21.6 Å². The molecule has 0 radical (unpaired) electrons. The van der Waals surface area contributed by atoms with Crippen LogP contribution in [0.4, 0.5) is 11.5 Å². The first kappa shape index (κ1) is 14.4. The van der Waals surface area contributed by atoms with Crippen molar-refractivity contribution in [1.29, 1.82) is 0 Å². The topological polar surface area (TPSA) is 98.2 Å². The zero-order valence-electron chi connectivity index (χ0n) is 11.8. The number of rotatable bonds is 3. The number of nitrogens with two attached hydrogens (primary N) is 1. The maximum Gasteiger partial charge on any atom is 0.263 e. The molecular formula is C13H17N3O3S. The molecule has 0 aliphatic rings. The summed E-state index contributed by atoms with van der Waals surface area (Å²) in [6, 6.07) is 3.28. The van der Waals surface area contributed by atoms with Gasteiger partial charge in [-0.3, -0.25) is 4.72 Å². The summed E-state index contributed by atoms with van der Waals surface area (Å²) >= 11 is 0. The predicted octanol–water partition coefficient (Wildman–Crippen LogP) is 2.29. The Labute approximate surface area is 118 Å². The lowest BCUT2D eigenvalue weighted by atomic mass is 10.1. The molecule has 3 N–H and O–H groups in total. The lowest BCUT2D eigenvalue weighted by Crippen LogP contribution is -2.17. The summed E-state index contributed by atoms with van der Waals surface area (Å²) in [5.74, 6) is 0.682. The number of anilines is 2. The highest BCUT2D eigenvalue weighted by Crippen LogP contribution is 2.29. The van der Waals surface area contributed by atoms with Crippen LogP contribution in [0.2, 0.25) is 0 Å². The zero-order valence-corrected chi connectivity index (χ0v) is 12.6. The Morgan fingerprint density at radius 2 is 1.80 bits per heavy atom. The van der Waals surface area contributed by atoms with Crippen molar-refractivity contribution in [3.05, 3.63) is 34.6 Å². The standard InChI is InChI=1S/C13H17N3O3S/c1-7-5-11(14)10(4)13(9(7)3)20(17,18)16-12-6-8(2)19-15-12/h5-6H,14H2,1-4H3,(H,15,16). The zero-order chi connectivity index (χ0) is 15.1. The molecule has 0 bridgehead atoms. The SMILES string of the molecule is Cc1cc(NS(=O)(=O)c2c(C)c(C)cc(N)c2C)no1. The summed E-state index contributed by atoms with van der Waals surface area (Å²) in [6.07, 6.45) is 0. The van der Waals surface area contributed by atoms with E-state index in [1.165, 1.54) is 6.07 Å². The van der Waals surface area contributed by atoms with Crippen LogP contribution in [0.3, 0.4) is 0 Å². The normalized spacial score (nSPS) is 11.6. The Hall–Kier alpha value is -2.02. The quantitative estimate of drug-likeness (QED) is 0.846. The Morgan fingerprint density at radius 3 is 2.35 bits per heavy atom. The fraction of sp³-hybridized carbons (Fsp3) is 0.308. The molecule has 0 amide bonds. The summed E-state index contributed by atoms with van der Waals surface area (Å²) in [6.45, 7) is 6.95. The van der Waals surface area contributed by atoms with Gasteiger partial charge < -0.3 is 10.3 Å². The molecule has 1 heterocycles. The maximum atomic E-state index is 12.5. The van der Waals surface area contributed by atoms with Gasteiger partial charge in [0.1, 0.15) is 5.76 Å². The first-order valence-corrected chi connectivity index (χ1v) is 7.53. The number of sulfonamides is 1.